The fourth-order valence-corrected chi connectivity index (χ4v) is 9.40. The van der Waals surface area contributed by atoms with E-state index < -0.39 is 14.7 Å². The first-order valence-electron chi connectivity index (χ1n) is 10.2. The van der Waals surface area contributed by atoms with Gasteiger partial charge in [-0.3, -0.25) is 4.79 Å². The Bertz CT molecular complexity index is 662. The fraction of sp³-hybridized carbons (Fsp3) is 0.682. The summed E-state index contributed by atoms with van der Waals surface area (Å²) in [7, 11) is -2.58. The van der Waals surface area contributed by atoms with E-state index in [1.54, 1.807) is 0 Å². The van der Waals surface area contributed by atoms with Gasteiger partial charge in [-0.15, -0.1) is 0 Å². The molecule has 3 rings (SSSR count). The molecule has 0 aliphatic carbocycles. The van der Waals surface area contributed by atoms with Gasteiger partial charge in [-0.2, -0.15) is 0 Å². The minimum Gasteiger partial charge on any atom is -0.391 e. The van der Waals surface area contributed by atoms with E-state index in [1.165, 1.54) is 0 Å². The molecule has 156 valence electrons. The predicted octanol–water partition coefficient (Wildman–Crippen LogP) is 4.39. The van der Waals surface area contributed by atoms with Gasteiger partial charge in [-0.05, 0) is 5.56 Å². The maximum absolute atomic E-state index is 12.7. The summed E-state index contributed by atoms with van der Waals surface area (Å²) in [5.74, 6) is 0.0573. The first kappa shape index (κ1) is 21.7. The van der Waals surface area contributed by atoms with Gasteiger partial charge in [-0.25, -0.2) is 0 Å². The Balaban J connectivity index is 1.62. The molecule has 2 fully saturated rings. The van der Waals surface area contributed by atoms with E-state index in [0.29, 0.717) is 19.6 Å². The third-order valence-corrected chi connectivity index (χ3v) is 10.8. The van der Waals surface area contributed by atoms with Crippen molar-refractivity contribution < 1.29 is 23.1 Å². The van der Waals surface area contributed by atoms with Crippen LogP contribution in [0.1, 0.15) is 53.5 Å². The summed E-state index contributed by atoms with van der Waals surface area (Å²) in [4.78, 5) is 12.7. The summed E-state index contributed by atoms with van der Waals surface area (Å²) in [6.45, 7) is 14.3. The first-order chi connectivity index (χ1) is 13.0. The Morgan fingerprint density at radius 2 is 1.68 bits per heavy atom. The van der Waals surface area contributed by atoms with Gasteiger partial charge in [0.15, 0.2) is 5.78 Å². The quantitative estimate of drug-likeness (QED) is 0.694. The lowest BCUT2D eigenvalue weighted by molar-refractivity contribution is -0.183. The van der Waals surface area contributed by atoms with Gasteiger partial charge in [0, 0.05) is 16.5 Å². The van der Waals surface area contributed by atoms with Crippen molar-refractivity contribution in [3.63, 3.8) is 0 Å². The standard InChI is InChI=1S/C22H34O5Si/c1-21(2,3)28(22(4,5)6)25-15-20-18(27-28)12-17(23)19(26-20)14-24-13-16-10-8-7-9-11-16/h7-11,18-20H,12-15H2,1-6H3/t18-,19-,20+/m0/s1. The second-order valence-corrected chi connectivity index (χ2v) is 14.7. The molecule has 2 heterocycles. The monoisotopic (exact) mass is 406 g/mol. The largest absolute Gasteiger partial charge is 0.391 e. The van der Waals surface area contributed by atoms with Crippen molar-refractivity contribution in [2.75, 3.05) is 13.2 Å². The molecule has 0 spiro atoms. The Labute approximate surface area is 170 Å². The number of Topliss-reactive ketones (excluding diaryl/α,β-unsaturated/α-hetero) is 1. The molecule has 2 aliphatic rings. The van der Waals surface area contributed by atoms with Gasteiger partial charge in [-0.1, -0.05) is 71.9 Å². The molecule has 0 N–H and O–H groups in total. The van der Waals surface area contributed by atoms with Crippen LogP contribution >= 0.6 is 0 Å². The Morgan fingerprint density at radius 3 is 2.29 bits per heavy atom. The summed E-state index contributed by atoms with van der Waals surface area (Å²) in [5, 5.41) is -0.205. The molecule has 1 aromatic carbocycles. The van der Waals surface area contributed by atoms with Gasteiger partial charge in [0.25, 0.3) is 0 Å². The molecule has 0 unspecified atom stereocenters. The zero-order chi connectivity index (χ0) is 20.6. The third kappa shape index (κ3) is 4.26. The van der Waals surface area contributed by atoms with E-state index in [9.17, 15) is 4.79 Å². The van der Waals surface area contributed by atoms with E-state index in [2.05, 4.69) is 41.5 Å². The van der Waals surface area contributed by atoms with E-state index in [4.69, 9.17) is 18.3 Å². The van der Waals surface area contributed by atoms with Crippen molar-refractivity contribution in [2.24, 2.45) is 0 Å². The van der Waals surface area contributed by atoms with E-state index >= 15 is 0 Å². The molecule has 0 aromatic heterocycles. The van der Waals surface area contributed by atoms with E-state index in [1.807, 2.05) is 30.3 Å². The average Bonchev–Trinajstić information content (AvgIpc) is 2.60. The SMILES string of the molecule is CC(C)(C)[Si]1(C(C)(C)C)OC[C@H]2O[C@@H](COCc3ccccc3)C(=O)C[C@@H]2O1. The number of carbonyl (C=O) groups is 1. The van der Waals surface area contributed by atoms with Crippen LogP contribution in [0.3, 0.4) is 0 Å². The molecular formula is C22H34O5Si. The lowest BCUT2D eigenvalue weighted by Crippen LogP contribution is -2.67. The zero-order valence-electron chi connectivity index (χ0n) is 18.0. The Kier molecular flexibility index (Phi) is 6.18. The topological polar surface area (TPSA) is 54.0 Å². The van der Waals surface area contributed by atoms with Crippen molar-refractivity contribution in [1.29, 1.82) is 0 Å². The van der Waals surface area contributed by atoms with E-state index in [-0.39, 0.29) is 34.7 Å². The average molecular weight is 407 g/mol. The summed E-state index contributed by atoms with van der Waals surface area (Å²) >= 11 is 0. The summed E-state index contributed by atoms with van der Waals surface area (Å²) in [6, 6.07) is 9.93. The molecular weight excluding hydrogens is 372 g/mol. The maximum Gasteiger partial charge on any atom is 0.349 e. The number of ether oxygens (including phenoxy) is 2. The highest BCUT2D eigenvalue weighted by Gasteiger charge is 2.62. The summed E-state index contributed by atoms with van der Waals surface area (Å²) in [6.07, 6.45) is -0.616. The van der Waals surface area contributed by atoms with Gasteiger partial charge >= 0.3 is 8.56 Å². The lowest BCUT2D eigenvalue weighted by atomic mass is 10.0. The number of rotatable bonds is 4. The second-order valence-electron chi connectivity index (χ2n) is 9.92. The number of ketones is 1. The minimum absolute atomic E-state index is 0.0573. The van der Waals surface area contributed by atoms with Crippen LogP contribution in [0.2, 0.25) is 10.1 Å². The van der Waals surface area contributed by atoms with Crippen LogP contribution in [-0.4, -0.2) is 45.9 Å². The maximum atomic E-state index is 12.7. The Morgan fingerprint density at radius 1 is 1.04 bits per heavy atom. The highest BCUT2D eigenvalue weighted by molar-refractivity contribution is 6.73. The third-order valence-electron chi connectivity index (χ3n) is 5.64. The van der Waals surface area contributed by atoms with Crippen molar-refractivity contribution >= 4 is 14.3 Å². The zero-order valence-corrected chi connectivity index (χ0v) is 19.0. The molecule has 1 aromatic rings. The molecule has 0 bridgehead atoms. The molecule has 0 saturated carbocycles. The van der Waals surface area contributed by atoms with Gasteiger partial charge in [0.2, 0.25) is 0 Å². The molecule has 5 nitrogen and oxygen atoms in total. The summed E-state index contributed by atoms with van der Waals surface area (Å²) < 4.78 is 24.9. The highest BCUT2D eigenvalue weighted by Crippen LogP contribution is 2.54. The van der Waals surface area contributed by atoms with Gasteiger partial charge in [0.1, 0.15) is 12.2 Å². The van der Waals surface area contributed by atoms with E-state index in [0.717, 1.165) is 5.56 Å². The normalized spacial score (nSPS) is 28.1. The number of carbonyl (C=O) groups excluding carboxylic acids is 1. The van der Waals surface area contributed by atoms with Gasteiger partial charge < -0.3 is 18.3 Å². The van der Waals surface area contributed by atoms with Crippen molar-refractivity contribution in [3.05, 3.63) is 35.9 Å². The van der Waals surface area contributed by atoms with Crippen molar-refractivity contribution in [1.82, 2.24) is 0 Å². The lowest BCUT2D eigenvalue weighted by Gasteiger charge is -2.55. The van der Waals surface area contributed by atoms with Crippen LogP contribution < -0.4 is 0 Å². The fourth-order valence-electron chi connectivity index (χ4n) is 4.45. The van der Waals surface area contributed by atoms with Crippen LogP contribution in [0.15, 0.2) is 30.3 Å². The Hall–Kier alpha value is -1.05. The van der Waals surface area contributed by atoms with Crippen molar-refractivity contribution in [3.8, 4) is 0 Å². The predicted molar refractivity (Wildman–Crippen MR) is 110 cm³/mol. The molecule has 2 saturated heterocycles. The van der Waals surface area contributed by atoms with Crippen LogP contribution in [0.4, 0.5) is 0 Å². The number of hydrogen-bond donors (Lipinski definition) is 0. The van der Waals surface area contributed by atoms with Crippen LogP contribution in [0, 0.1) is 0 Å². The molecule has 28 heavy (non-hydrogen) atoms. The summed E-state index contributed by atoms with van der Waals surface area (Å²) in [5.41, 5.74) is 1.08. The molecule has 6 heteroatoms. The van der Waals surface area contributed by atoms with Gasteiger partial charge in [0.05, 0.1) is 25.9 Å². The molecule has 3 atom stereocenters. The first-order valence-corrected chi connectivity index (χ1v) is 12.0. The number of benzene rings is 1. The molecule has 0 radical (unpaired) electrons. The number of fused-ring (bicyclic) bond motifs is 1. The smallest absolute Gasteiger partial charge is 0.349 e. The highest BCUT2D eigenvalue weighted by atomic mass is 28.4. The number of hydrogen-bond acceptors (Lipinski definition) is 5. The minimum atomic E-state index is -2.58. The van der Waals surface area contributed by atoms with Crippen LogP contribution in [0.25, 0.3) is 0 Å². The second kappa shape index (κ2) is 7.99. The van der Waals surface area contributed by atoms with Crippen molar-refractivity contribution in [2.45, 2.75) is 83.0 Å². The van der Waals surface area contributed by atoms with Crippen LogP contribution in [-0.2, 0) is 29.7 Å². The molecule has 2 aliphatic heterocycles. The molecule has 0 amide bonds. The van der Waals surface area contributed by atoms with Crippen LogP contribution in [0.5, 0.6) is 0 Å².